The first-order valence-electron chi connectivity index (χ1n) is 9.72. The van der Waals surface area contributed by atoms with Crippen LogP contribution < -0.4 is 4.74 Å². The fourth-order valence-electron chi connectivity index (χ4n) is 3.23. The molecule has 1 aliphatic rings. The topological polar surface area (TPSA) is 71.9 Å². The summed E-state index contributed by atoms with van der Waals surface area (Å²) in [6.45, 7) is 5.94. The van der Waals surface area contributed by atoms with E-state index in [1.54, 1.807) is 24.5 Å². The van der Waals surface area contributed by atoms with Crippen molar-refractivity contribution in [1.82, 2.24) is 9.88 Å². The van der Waals surface area contributed by atoms with Crippen molar-refractivity contribution in [3.8, 4) is 5.75 Å². The van der Waals surface area contributed by atoms with Crippen LogP contribution >= 0.6 is 22.6 Å². The lowest BCUT2D eigenvalue weighted by Gasteiger charge is -2.33. The summed E-state index contributed by atoms with van der Waals surface area (Å²) in [6, 6.07) is 9.67. The summed E-state index contributed by atoms with van der Waals surface area (Å²) in [5.74, 6) is 0.860. The van der Waals surface area contributed by atoms with E-state index < -0.39 is 17.8 Å². The van der Waals surface area contributed by atoms with Crippen LogP contribution in [0.1, 0.15) is 44.4 Å². The Morgan fingerprint density at radius 1 is 1.41 bits per heavy atom. The Morgan fingerprint density at radius 2 is 2.21 bits per heavy atom. The summed E-state index contributed by atoms with van der Waals surface area (Å²) in [5.41, 5.74) is 1.23. The maximum absolute atomic E-state index is 12.8. The number of hydrogen-bond acceptors (Lipinski definition) is 5. The summed E-state index contributed by atoms with van der Waals surface area (Å²) < 4.78 is 12.9. The molecule has 0 spiro atoms. The van der Waals surface area contributed by atoms with Gasteiger partial charge in [0.1, 0.15) is 17.5 Å². The molecule has 7 heteroatoms. The number of aliphatic hydroxyl groups is 1. The van der Waals surface area contributed by atoms with Crippen molar-refractivity contribution in [2.45, 2.75) is 51.4 Å². The van der Waals surface area contributed by atoms with E-state index in [0.717, 1.165) is 18.6 Å². The Labute approximate surface area is 185 Å². The Balaban J connectivity index is 1.72. The van der Waals surface area contributed by atoms with Gasteiger partial charge in [0.15, 0.2) is 0 Å². The third kappa shape index (κ3) is 6.30. The zero-order chi connectivity index (χ0) is 21.0. The van der Waals surface area contributed by atoms with E-state index in [4.69, 9.17) is 9.47 Å². The number of rotatable bonds is 5. The molecule has 29 heavy (non-hydrogen) atoms. The van der Waals surface area contributed by atoms with Crippen molar-refractivity contribution in [1.29, 1.82) is 0 Å². The highest BCUT2D eigenvalue weighted by Crippen LogP contribution is 2.29. The highest BCUT2D eigenvalue weighted by atomic mass is 127. The normalized spacial score (nSPS) is 17.1. The van der Waals surface area contributed by atoms with Gasteiger partial charge in [-0.2, -0.15) is 0 Å². The molecule has 0 bridgehead atoms. The maximum atomic E-state index is 12.8. The highest BCUT2D eigenvalue weighted by Gasteiger charge is 2.29. The average molecular weight is 510 g/mol. The zero-order valence-corrected chi connectivity index (χ0v) is 19.1. The highest BCUT2D eigenvalue weighted by molar-refractivity contribution is 14.1. The number of halogens is 1. The lowest BCUT2D eigenvalue weighted by molar-refractivity contribution is 0.00365. The molecule has 0 fully saturated rings. The van der Waals surface area contributed by atoms with Crippen LogP contribution in [0.2, 0.25) is 0 Å². The van der Waals surface area contributed by atoms with Crippen LogP contribution in [0, 0.1) is 3.57 Å². The van der Waals surface area contributed by atoms with E-state index in [2.05, 4.69) is 33.6 Å². The van der Waals surface area contributed by atoms with Gasteiger partial charge >= 0.3 is 6.09 Å². The first-order chi connectivity index (χ1) is 13.7. The van der Waals surface area contributed by atoms with Gasteiger partial charge in [-0.15, -0.1) is 0 Å². The molecule has 2 atom stereocenters. The predicted octanol–water partition coefficient (Wildman–Crippen LogP) is 4.35. The van der Waals surface area contributed by atoms with Crippen molar-refractivity contribution >= 4 is 28.7 Å². The van der Waals surface area contributed by atoms with Gasteiger partial charge in [-0.05, 0) is 86.0 Å². The van der Waals surface area contributed by atoms with Gasteiger partial charge in [-0.3, -0.25) is 4.98 Å². The molecule has 1 aliphatic heterocycles. The molecule has 0 saturated heterocycles. The molecule has 1 N–H and O–H groups in total. The smallest absolute Gasteiger partial charge is 0.410 e. The number of aromatic nitrogens is 1. The van der Waals surface area contributed by atoms with Crippen molar-refractivity contribution in [3.63, 3.8) is 0 Å². The molecule has 0 saturated carbocycles. The minimum atomic E-state index is -0.853. The lowest BCUT2D eigenvalue weighted by atomic mass is 10.0. The number of fused-ring (bicyclic) bond motifs is 1. The standard InChI is InChI=1S/C22H27IN2O4/c1-22(2,3)29-21(27)25(14-19(26)16-5-4-10-24-12-16)13-18-8-6-15-11-17(23)7-9-20(15)28-18/h4-5,7,9-12,18-19,26H,6,8,13-14H2,1-3H3/t18-,19?/m0/s1. The molecule has 6 nitrogen and oxygen atoms in total. The molecular formula is C22H27IN2O4. The van der Waals surface area contributed by atoms with Crippen LogP contribution in [-0.4, -0.2) is 45.9 Å². The summed E-state index contributed by atoms with van der Waals surface area (Å²) in [7, 11) is 0. The second kappa shape index (κ2) is 9.30. The number of aryl methyl sites for hydroxylation is 1. The quantitative estimate of drug-likeness (QED) is 0.606. The summed E-state index contributed by atoms with van der Waals surface area (Å²) in [4.78, 5) is 18.4. The molecule has 0 radical (unpaired) electrons. The Bertz CT molecular complexity index is 838. The molecule has 1 amide bonds. The van der Waals surface area contributed by atoms with Crippen LogP contribution in [0.4, 0.5) is 4.79 Å². The molecule has 2 heterocycles. The van der Waals surface area contributed by atoms with Crippen LogP contribution in [0.15, 0.2) is 42.7 Å². The number of ether oxygens (including phenoxy) is 2. The van der Waals surface area contributed by atoms with E-state index in [9.17, 15) is 9.90 Å². The Kier molecular flexibility index (Phi) is 7.00. The fourth-order valence-corrected chi connectivity index (χ4v) is 3.78. The van der Waals surface area contributed by atoms with E-state index in [-0.39, 0.29) is 12.6 Å². The van der Waals surface area contributed by atoms with Crippen molar-refractivity contribution in [2.24, 2.45) is 0 Å². The SMILES string of the molecule is CC(C)(C)OC(=O)N(CC(O)c1cccnc1)C[C@@H]1CCc2cc(I)ccc2O1. The van der Waals surface area contributed by atoms with Gasteiger partial charge in [0.25, 0.3) is 0 Å². The van der Waals surface area contributed by atoms with E-state index in [0.29, 0.717) is 12.1 Å². The number of amides is 1. The van der Waals surface area contributed by atoms with Gasteiger partial charge in [0.05, 0.1) is 19.2 Å². The number of carbonyl (C=O) groups excluding carboxylic acids is 1. The molecule has 3 rings (SSSR count). The molecule has 156 valence electrons. The zero-order valence-electron chi connectivity index (χ0n) is 17.0. The van der Waals surface area contributed by atoms with Gasteiger partial charge in [0, 0.05) is 21.5 Å². The third-order valence-corrected chi connectivity index (χ3v) is 5.26. The van der Waals surface area contributed by atoms with Crippen LogP contribution in [0.3, 0.4) is 0 Å². The number of hydrogen-bond donors (Lipinski definition) is 1. The van der Waals surface area contributed by atoms with Gasteiger partial charge in [-0.25, -0.2) is 4.79 Å². The Hall–Kier alpha value is -1.87. The predicted molar refractivity (Wildman–Crippen MR) is 119 cm³/mol. The summed E-state index contributed by atoms with van der Waals surface area (Å²) in [5, 5.41) is 10.6. The first-order valence-corrected chi connectivity index (χ1v) is 10.8. The molecule has 2 aromatic rings. The van der Waals surface area contributed by atoms with Crippen LogP contribution in [-0.2, 0) is 11.2 Å². The molecule has 1 aromatic carbocycles. The Morgan fingerprint density at radius 3 is 2.90 bits per heavy atom. The van der Waals surface area contributed by atoms with Gasteiger partial charge < -0.3 is 19.5 Å². The number of benzene rings is 1. The molecule has 1 unspecified atom stereocenters. The van der Waals surface area contributed by atoms with E-state index >= 15 is 0 Å². The third-order valence-electron chi connectivity index (χ3n) is 4.59. The van der Waals surface area contributed by atoms with Crippen LogP contribution in [0.25, 0.3) is 0 Å². The minimum absolute atomic E-state index is 0.111. The molecule has 1 aromatic heterocycles. The second-order valence-electron chi connectivity index (χ2n) is 8.22. The van der Waals surface area contributed by atoms with Crippen molar-refractivity contribution in [3.05, 3.63) is 57.4 Å². The first kappa shape index (κ1) is 21.8. The largest absolute Gasteiger partial charge is 0.488 e. The number of carbonyl (C=O) groups is 1. The van der Waals surface area contributed by atoms with Crippen molar-refractivity contribution < 1.29 is 19.4 Å². The maximum Gasteiger partial charge on any atom is 0.410 e. The fraction of sp³-hybridized carbons (Fsp3) is 0.455. The number of aliphatic hydroxyl groups excluding tert-OH is 1. The number of pyridine rings is 1. The van der Waals surface area contributed by atoms with Crippen LogP contribution in [0.5, 0.6) is 5.75 Å². The van der Waals surface area contributed by atoms with Gasteiger partial charge in [0.2, 0.25) is 0 Å². The number of nitrogens with zero attached hydrogens (tertiary/aromatic N) is 2. The minimum Gasteiger partial charge on any atom is -0.488 e. The second-order valence-corrected chi connectivity index (χ2v) is 9.46. The van der Waals surface area contributed by atoms with Gasteiger partial charge in [-0.1, -0.05) is 6.07 Å². The summed E-state index contributed by atoms with van der Waals surface area (Å²) >= 11 is 2.29. The average Bonchev–Trinajstić information content (AvgIpc) is 2.67. The monoisotopic (exact) mass is 510 g/mol. The van der Waals surface area contributed by atoms with Crippen molar-refractivity contribution in [2.75, 3.05) is 13.1 Å². The van der Waals surface area contributed by atoms with E-state index in [1.807, 2.05) is 32.9 Å². The molecule has 0 aliphatic carbocycles. The van der Waals surface area contributed by atoms with E-state index in [1.165, 1.54) is 14.0 Å². The summed E-state index contributed by atoms with van der Waals surface area (Å²) in [6.07, 6.45) is 3.48. The molecular weight excluding hydrogens is 483 g/mol. The lowest BCUT2D eigenvalue weighted by Crippen LogP contribution is -2.45.